The maximum absolute atomic E-state index is 2.64. The van der Waals surface area contributed by atoms with Crippen molar-refractivity contribution in [3.05, 3.63) is 144 Å². The number of rotatable bonds is 0. The molecule has 8 aromatic rings. The molecule has 1 aliphatic carbocycles. The van der Waals surface area contributed by atoms with Crippen molar-refractivity contribution in [1.82, 2.24) is 4.90 Å². The van der Waals surface area contributed by atoms with Crippen molar-refractivity contribution in [2.24, 2.45) is 0 Å². The number of fused-ring (bicyclic) bond motifs is 12. The third kappa shape index (κ3) is 3.44. The average Bonchev–Trinajstić information content (AvgIpc) is 3.24. The van der Waals surface area contributed by atoms with Crippen LogP contribution in [0, 0.1) is 0 Å². The van der Waals surface area contributed by atoms with Gasteiger partial charge in [0.25, 0.3) is 0 Å². The zero-order chi connectivity index (χ0) is 35.8. The van der Waals surface area contributed by atoms with Crippen LogP contribution in [0.4, 0.5) is 0 Å². The molecule has 1 nitrogen and oxygen atoms in total. The van der Waals surface area contributed by atoms with Crippen molar-refractivity contribution < 1.29 is 0 Å². The number of piperidine rings is 1. The first-order valence-corrected chi connectivity index (χ1v) is 21.1. The molecule has 0 atom stereocenters. The van der Waals surface area contributed by atoms with E-state index in [1.165, 1.54) is 116 Å². The average molecular weight is 702 g/mol. The van der Waals surface area contributed by atoms with E-state index in [0.29, 0.717) is 0 Å². The first kappa shape index (κ1) is 30.2. The third-order valence-electron chi connectivity index (χ3n) is 16.1. The van der Waals surface area contributed by atoms with Crippen LogP contribution in [0.1, 0.15) is 67.2 Å². The number of hydrogen-bond donors (Lipinski definition) is 0. The molecule has 1 saturated heterocycles. The van der Waals surface area contributed by atoms with Gasteiger partial charge in [-0.25, -0.2) is 0 Å². The molecule has 2 fully saturated rings. The van der Waals surface area contributed by atoms with E-state index in [9.17, 15) is 0 Å². The standard InChI is InChI=1S/C52H41B2N/c1-55-27-25-52(26-28-55)38-14-4-6-18-42(38)54-44-30-32-19-21-33-35-11-9-15-39-49(35)53(41-17-5-3-13-37(41)51(39)23-7-2-8-24-51)43-29-31-20-22-34(36-12-10-16-40(52)50(36)54)48(44)46(31)45(32)47(33)43/h3-6,9-22,29-30H,2,7-8,23-28H2,1H3. The number of likely N-dealkylation sites (tertiary alicyclic amines) is 1. The molecule has 14 rings (SSSR count). The van der Waals surface area contributed by atoms with Crippen molar-refractivity contribution >= 4 is 78.5 Å². The van der Waals surface area contributed by atoms with Crippen molar-refractivity contribution in [3.63, 3.8) is 0 Å². The molecular weight excluding hydrogens is 660 g/mol. The Bertz CT molecular complexity index is 3010. The summed E-state index contributed by atoms with van der Waals surface area (Å²) >= 11 is 0. The van der Waals surface area contributed by atoms with E-state index in [2.05, 4.69) is 133 Å². The van der Waals surface area contributed by atoms with Crippen molar-refractivity contribution in [2.75, 3.05) is 20.1 Å². The quantitative estimate of drug-likeness (QED) is 0.117. The van der Waals surface area contributed by atoms with Crippen LogP contribution >= 0.6 is 0 Å². The Hall–Kier alpha value is -5.11. The van der Waals surface area contributed by atoms with E-state index >= 15 is 0 Å². The molecule has 5 heterocycles. The Morgan fingerprint density at radius 2 is 0.891 bits per heavy atom. The maximum atomic E-state index is 2.64. The molecule has 1 saturated carbocycles. The van der Waals surface area contributed by atoms with Gasteiger partial charge in [-0.3, -0.25) is 0 Å². The van der Waals surface area contributed by atoms with Gasteiger partial charge in [0, 0.05) is 10.8 Å². The Balaban J connectivity index is 1.10. The highest BCUT2D eigenvalue weighted by atomic mass is 15.1. The lowest BCUT2D eigenvalue weighted by molar-refractivity contribution is 0.214. The largest absolute Gasteiger partial charge is 0.306 e. The van der Waals surface area contributed by atoms with Crippen LogP contribution in [0.2, 0.25) is 0 Å². The number of nitrogens with zero attached hydrogens (tertiary/aromatic N) is 1. The summed E-state index contributed by atoms with van der Waals surface area (Å²) in [6.45, 7) is 2.77. The lowest BCUT2D eigenvalue weighted by atomic mass is 9.27. The van der Waals surface area contributed by atoms with Crippen molar-refractivity contribution in [1.29, 1.82) is 0 Å². The van der Waals surface area contributed by atoms with Gasteiger partial charge in [-0.05, 0) is 123 Å². The van der Waals surface area contributed by atoms with Crippen LogP contribution in [0.15, 0.2) is 121 Å². The van der Waals surface area contributed by atoms with Gasteiger partial charge in [0.05, 0.1) is 0 Å². The highest BCUT2D eigenvalue weighted by Gasteiger charge is 2.51. The topological polar surface area (TPSA) is 3.24 Å². The summed E-state index contributed by atoms with van der Waals surface area (Å²) in [4.78, 5) is 2.53. The number of benzene rings is 8. The predicted octanol–water partition coefficient (Wildman–Crippen LogP) is 7.47. The third-order valence-corrected chi connectivity index (χ3v) is 16.1. The van der Waals surface area contributed by atoms with Gasteiger partial charge in [0.15, 0.2) is 0 Å². The highest BCUT2D eigenvalue weighted by molar-refractivity contribution is 7.01. The molecule has 55 heavy (non-hydrogen) atoms. The van der Waals surface area contributed by atoms with Gasteiger partial charge in [-0.15, -0.1) is 0 Å². The molecule has 260 valence electrons. The second-order valence-corrected chi connectivity index (χ2v) is 18.2. The Morgan fingerprint density at radius 3 is 1.42 bits per heavy atom. The van der Waals surface area contributed by atoms with E-state index in [4.69, 9.17) is 0 Å². The summed E-state index contributed by atoms with van der Waals surface area (Å²) in [6.07, 6.45) is 8.87. The first-order valence-electron chi connectivity index (χ1n) is 21.1. The van der Waals surface area contributed by atoms with E-state index in [-0.39, 0.29) is 24.3 Å². The second kappa shape index (κ2) is 10.2. The summed E-state index contributed by atoms with van der Waals surface area (Å²) < 4.78 is 0. The maximum Gasteiger partial charge on any atom is 0.243 e. The van der Waals surface area contributed by atoms with Gasteiger partial charge >= 0.3 is 0 Å². The summed E-state index contributed by atoms with van der Waals surface area (Å²) in [5, 5.41) is 8.74. The van der Waals surface area contributed by atoms with Gasteiger partial charge in [-0.2, -0.15) is 0 Å². The smallest absolute Gasteiger partial charge is 0.243 e. The predicted molar refractivity (Wildman–Crippen MR) is 235 cm³/mol. The molecule has 0 radical (unpaired) electrons. The molecule has 0 bridgehead atoms. The van der Waals surface area contributed by atoms with E-state index in [0.717, 1.165) is 13.1 Å². The molecule has 0 amide bonds. The molecule has 0 aromatic heterocycles. The zero-order valence-corrected chi connectivity index (χ0v) is 31.5. The summed E-state index contributed by atoms with van der Waals surface area (Å²) in [7, 11) is 2.30. The monoisotopic (exact) mass is 701 g/mol. The molecule has 8 aromatic carbocycles. The van der Waals surface area contributed by atoms with Gasteiger partial charge in [-0.1, -0.05) is 173 Å². The van der Waals surface area contributed by atoms with Crippen LogP contribution < -0.4 is 32.8 Å². The fourth-order valence-corrected chi connectivity index (χ4v) is 13.9. The van der Waals surface area contributed by atoms with Crippen molar-refractivity contribution in [3.8, 4) is 22.3 Å². The lowest BCUT2D eigenvalue weighted by Crippen LogP contribution is -2.64. The van der Waals surface area contributed by atoms with Crippen LogP contribution in [0.25, 0.3) is 54.6 Å². The fourth-order valence-electron chi connectivity index (χ4n) is 13.9. The van der Waals surface area contributed by atoms with Crippen LogP contribution in [-0.4, -0.2) is 38.5 Å². The Labute approximate surface area is 323 Å². The highest BCUT2D eigenvalue weighted by Crippen LogP contribution is 2.51. The Kier molecular flexibility index (Phi) is 5.59. The fraction of sp³-hybridized carbons (Fsp3) is 0.231. The normalized spacial score (nSPS) is 19.2. The zero-order valence-electron chi connectivity index (χ0n) is 31.5. The molecule has 5 aliphatic heterocycles. The van der Waals surface area contributed by atoms with E-state index in [1.807, 2.05) is 0 Å². The SMILES string of the molecule is CN1CCC2(CC1)c1ccccc1B1c3c(cccc32)-c2ccc3cc4c5c(ccc6cc1c2c3c65)-c1cccc2c1B4c1ccccc1C21CCCCC1. The molecule has 0 N–H and O–H groups in total. The summed E-state index contributed by atoms with van der Waals surface area (Å²) in [5.74, 6) is 0. The molecule has 6 aliphatic rings. The minimum absolute atomic E-state index is 0.0687. The summed E-state index contributed by atoms with van der Waals surface area (Å²) in [5.41, 5.74) is 21.7. The van der Waals surface area contributed by atoms with Crippen molar-refractivity contribution in [2.45, 2.75) is 55.8 Å². The Morgan fingerprint density at radius 1 is 0.418 bits per heavy atom. The second-order valence-electron chi connectivity index (χ2n) is 18.2. The van der Waals surface area contributed by atoms with Gasteiger partial charge < -0.3 is 4.90 Å². The molecule has 0 unspecified atom stereocenters. The molecule has 3 heteroatoms. The summed E-state index contributed by atoms with van der Waals surface area (Å²) in [6, 6.07) is 49.2. The van der Waals surface area contributed by atoms with Gasteiger partial charge in [0.1, 0.15) is 0 Å². The molecule has 2 spiro atoms. The minimum atomic E-state index is 0.0687. The van der Waals surface area contributed by atoms with E-state index in [1.54, 1.807) is 38.6 Å². The number of hydrogen-bond acceptors (Lipinski definition) is 1. The minimum Gasteiger partial charge on any atom is -0.306 e. The molecular formula is C52H41B2N. The van der Waals surface area contributed by atoms with Crippen LogP contribution in [-0.2, 0) is 10.8 Å². The van der Waals surface area contributed by atoms with E-state index < -0.39 is 0 Å². The van der Waals surface area contributed by atoms with Crippen LogP contribution in [0.3, 0.4) is 0 Å². The van der Waals surface area contributed by atoms with Gasteiger partial charge in [0.2, 0.25) is 13.4 Å². The lowest BCUT2D eigenvalue weighted by Gasteiger charge is -2.49. The first-order chi connectivity index (χ1) is 27.2. The van der Waals surface area contributed by atoms with Crippen LogP contribution in [0.5, 0.6) is 0 Å².